The lowest BCUT2D eigenvalue weighted by Crippen LogP contribution is -2.15. The first-order valence-electron chi connectivity index (χ1n) is 4.89. The number of hydrogen-bond acceptors (Lipinski definition) is 4. The summed E-state index contributed by atoms with van der Waals surface area (Å²) in [4.78, 5) is 0. The Hall–Kier alpha value is -2.15. The molecule has 1 aromatic heterocycles. The summed E-state index contributed by atoms with van der Waals surface area (Å²) in [5.41, 5.74) is 7.31. The van der Waals surface area contributed by atoms with E-state index >= 15 is 0 Å². The topological polar surface area (TPSA) is 98.0 Å². The molecule has 0 atom stereocenters. The summed E-state index contributed by atoms with van der Waals surface area (Å²) in [7, 11) is 1.85. The van der Waals surface area contributed by atoms with E-state index in [2.05, 4.69) is 15.3 Å². The summed E-state index contributed by atoms with van der Waals surface area (Å²) in [5.74, 6) is 6.17. The van der Waals surface area contributed by atoms with Crippen LogP contribution in [0.15, 0.2) is 29.4 Å². The van der Waals surface area contributed by atoms with Gasteiger partial charge in [-0.05, 0) is 12.2 Å². The van der Waals surface area contributed by atoms with Crippen molar-refractivity contribution in [1.29, 1.82) is 0 Å². The summed E-state index contributed by atoms with van der Waals surface area (Å²) >= 11 is 5.05. The van der Waals surface area contributed by atoms with Crippen LogP contribution in [0, 0.1) is 4.77 Å². The van der Waals surface area contributed by atoms with Crippen LogP contribution in [-0.4, -0.2) is 20.6 Å². The highest BCUT2D eigenvalue weighted by Crippen LogP contribution is 2.16. The lowest BCUT2D eigenvalue weighted by atomic mass is 10.1. The minimum Gasteiger partial charge on any atom is -0.382 e. The number of H-pyrrole nitrogens is 1. The Kier molecular flexibility index (Phi) is 2.92. The molecule has 0 spiro atoms. The number of amidine groups is 1. The van der Waals surface area contributed by atoms with Crippen LogP contribution in [0.2, 0.25) is 0 Å². The van der Waals surface area contributed by atoms with Crippen molar-refractivity contribution >= 4 is 18.1 Å². The third-order valence-electron chi connectivity index (χ3n) is 2.46. The fourth-order valence-corrected chi connectivity index (χ4v) is 1.60. The second-order valence-corrected chi connectivity index (χ2v) is 3.89. The lowest BCUT2D eigenvalue weighted by Gasteiger charge is -2.02. The van der Waals surface area contributed by atoms with Crippen LogP contribution in [0.5, 0.6) is 0 Å². The molecule has 0 amide bonds. The minimum absolute atomic E-state index is 0.298. The van der Waals surface area contributed by atoms with Crippen molar-refractivity contribution in [3.05, 3.63) is 34.6 Å². The number of benzene rings is 1. The van der Waals surface area contributed by atoms with Crippen LogP contribution in [0.4, 0.5) is 0 Å². The van der Waals surface area contributed by atoms with Crippen molar-refractivity contribution in [2.75, 3.05) is 0 Å². The molecule has 0 unspecified atom stereocenters. The number of hydrazone groups is 1. The van der Waals surface area contributed by atoms with Crippen molar-refractivity contribution in [3.8, 4) is 11.4 Å². The van der Waals surface area contributed by atoms with Gasteiger partial charge in [-0.25, -0.2) is 0 Å². The zero-order valence-corrected chi connectivity index (χ0v) is 10.0. The molecule has 0 saturated heterocycles. The van der Waals surface area contributed by atoms with E-state index in [0.717, 1.165) is 17.0 Å². The molecule has 2 rings (SSSR count). The number of aromatic amines is 1. The van der Waals surface area contributed by atoms with E-state index in [1.165, 1.54) is 0 Å². The number of rotatable bonds is 2. The molecule has 1 aromatic carbocycles. The van der Waals surface area contributed by atoms with Gasteiger partial charge in [0, 0.05) is 18.2 Å². The van der Waals surface area contributed by atoms with E-state index in [4.69, 9.17) is 23.8 Å². The zero-order valence-electron chi connectivity index (χ0n) is 9.21. The second kappa shape index (κ2) is 4.38. The van der Waals surface area contributed by atoms with E-state index in [1.54, 1.807) is 4.57 Å². The van der Waals surface area contributed by atoms with Gasteiger partial charge < -0.3 is 16.1 Å². The highest BCUT2D eigenvalue weighted by molar-refractivity contribution is 7.71. The number of nitrogens with one attached hydrogen (secondary N) is 1. The second-order valence-electron chi connectivity index (χ2n) is 3.50. The molecule has 17 heavy (non-hydrogen) atoms. The Morgan fingerprint density at radius 3 is 2.53 bits per heavy atom. The Balaban J connectivity index is 2.43. The molecule has 0 saturated carbocycles. The number of nitrogens with two attached hydrogens (primary N) is 2. The fourth-order valence-electron chi connectivity index (χ4n) is 1.47. The van der Waals surface area contributed by atoms with Gasteiger partial charge in [0.05, 0.1) is 0 Å². The van der Waals surface area contributed by atoms with E-state index in [1.807, 2.05) is 31.3 Å². The van der Waals surface area contributed by atoms with Crippen molar-refractivity contribution in [2.45, 2.75) is 0 Å². The molecule has 0 aliphatic carbocycles. The van der Waals surface area contributed by atoms with E-state index in [-0.39, 0.29) is 0 Å². The van der Waals surface area contributed by atoms with Crippen LogP contribution in [0.1, 0.15) is 5.56 Å². The van der Waals surface area contributed by atoms with Gasteiger partial charge in [0.15, 0.2) is 10.6 Å². The van der Waals surface area contributed by atoms with Crippen molar-refractivity contribution < 1.29 is 0 Å². The molecule has 0 aliphatic heterocycles. The third kappa shape index (κ3) is 2.04. The first-order valence-corrected chi connectivity index (χ1v) is 5.30. The summed E-state index contributed by atoms with van der Waals surface area (Å²) in [6, 6.07) is 7.44. The third-order valence-corrected chi connectivity index (χ3v) is 2.82. The predicted molar refractivity (Wildman–Crippen MR) is 68.7 cm³/mol. The van der Waals surface area contributed by atoms with Gasteiger partial charge in [-0.2, -0.15) is 10.2 Å². The quantitative estimate of drug-likeness (QED) is 0.240. The van der Waals surface area contributed by atoms with Crippen molar-refractivity contribution in [3.63, 3.8) is 0 Å². The molecule has 6 nitrogen and oxygen atoms in total. The van der Waals surface area contributed by atoms with Gasteiger partial charge in [-0.15, -0.1) is 0 Å². The molecule has 5 N–H and O–H groups in total. The smallest absolute Gasteiger partial charge is 0.195 e. The molecule has 0 bridgehead atoms. The van der Waals surface area contributed by atoms with E-state index in [9.17, 15) is 0 Å². The van der Waals surface area contributed by atoms with Gasteiger partial charge in [0.25, 0.3) is 0 Å². The molecular weight excluding hydrogens is 236 g/mol. The molecule has 0 aliphatic rings. The Morgan fingerprint density at radius 1 is 1.41 bits per heavy atom. The van der Waals surface area contributed by atoms with Crippen LogP contribution in [-0.2, 0) is 7.05 Å². The lowest BCUT2D eigenvalue weighted by molar-refractivity contribution is 0.902. The molecular formula is C10H12N6S. The van der Waals surface area contributed by atoms with Crippen LogP contribution < -0.4 is 11.6 Å². The summed E-state index contributed by atoms with van der Waals surface area (Å²) in [6.07, 6.45) is 0. The predicted octanol–water partition coefficient (Wildman–Crippen LogP) is 0.724. The van der Waals surface area contributed by atoms with Crippen LogP contribution in [0.3, 0.4) is 0 Å². The molecule has 1 heterocycles. The molecule has 2 aromatic rings. The van der Waals surface area contributed by atoms with Gasteiger partial charge >= 0.3 is 0 Å². The van der Waals surface area contributed by atoms with Crippen molar-refractivity contribution in [2.24, 2.45) is 23.7 Å². The SMILES string of the molecule is Cn1c(-c2ccc(C(N)=NN)cc2)n[nH]c1=S. The summed E-state index contributed by atoms with van der Waals surface area (Å²) < 4.78 is 2.37. The van der Waals surface area contributed by atoms with Gasteiger partial charge in [0.1, 0.15) is 5.84 Å². The molecule has 7 heteroatoms. The Morgan fingerprint density at radius 2 is 2.06 bits per heavy atom. The maximum absolute atomic E-state index is 5.60. The first-order chi connectivity index (χ1) is 8.13. The Labute approximate surface area is 103 Å². The van der Waals surface area contributed by atoms with E-state index in [0.29, 0.717) is 10.6 Å². The number of nitrogens with zero attached hydrogens (tertiary/aromatic N) is 3. The zero-order chi connectivity index (χ0) is 12.4. The van der Waals surface area contributed by atoms with Crippen LogP contribution in [0.25, 0.3) is 11.4 Å². The maximum atomic E-state index is 5.60. The fraction of sp³-hybridized carbons (Fsp3) is 0.100. The van der Waals surface area contributed by atoms with Crippen molar-refractivity contribution in [1.82, 2.24) is 14.8 Å². The molecule has 0 radical (unpaired) electrons. The number of hydrogen-bond donors (Lipinski definition) is 3. The molecule has 88 valence electrons. The van der Waals surface area contributed by atoms with Gasteiger partial charge in [-0.3, -0.25) is 5.10 Å². The highest BCUT2D eigenvalue weighted by atomic mass is 32.1. The summed E-state index contributed by atoms with van der Waals surface area (Å²) in [6.45, 7) is 0. The minimum atomic E-state index is 0.298. The van der Waals surface area contributed by atoms with Gasteiger partial charge in [0.2, 0.25) is 0 Å². The van der Waals surface area contributed by atoms with E-state index < -0.39 is 0 Å². The van der Waals surface area contributed by atoms with Gasteiger partial charge in [-0.1, -0.05) is 24.3 Å². The number of aromatic nitrogens is 3. The average molecular weight is 248 g/mol. The largest absolute Gasteiger partial charge is 0.382 e. The highest BCUT2D eigenvalue weighted by Gasteiger charge is 2.06. The maximum Gasteiger partial charge on any atom is 0.195 e. The normalized spacial score (nSPS) is 11.7. The van der Waals surface area contributed by atoms with Crippen LogP contribution >= 0.6 is 12.2 Å². The first kappa shape index (κ1) is 11.3. The Bertz CT molecular complexity index is 606. The molecule has 0 fully saturated rings. The standard InChI is InChI=1S/C10H12N6S/c1-16-9(14-15-10(16)17)7-4-2-6(3-5-7)8(11)13-12/h2-5H,12H2,1H3,(H2,11,13)(H,15,17). The average Bonchev–Trinajstić information content (AvgIpc) is 2.69. The summed E-state index contributed by atoms with van der Waals surface area (Å²) in [5, 5.41) is 10.3. The monoisotopic (exact) mass is 248 g/mol.